The molecule has 2 aromatic carbocycles. The zero-order chi connectivity index (χ0) is 54.0. The molecule has 0 saturated carbocycles. The van der Waals surface area contributed by atoms with E-state index in [9.17, 15) is 33.9 Å². The number of anilines is 4. The van der Waals surface area contributed by atoms with Crippen molar-refractivity contribution in [2.24, 2.45) is 22.4 Å². The van der Waals surface area contributed by atoms with E-state index in [1.54, 1.807) is 116 Å². The maximum absolute atomic E-state index is 13.2. The SMILES string of the molecule is C.CCN1C(=O)/C(=N\N=C2/C(=O)N(Cc3ccccc3)c3ncccc32)c2cccnc21.CN1C(=O)C(=O)c2cccnc21.Cn1c(O)c(N=N)c2cccnc21.N=N.O.O=C1C(=O)N(Cc2ccccc2)c2ncccc21.[HH]. The zero-order valence-corrected chi connectivity index (χ0v) is 41.3. The Morgan fingerprint density at radius 1 is 0.513 bits per heavy atom. The standard InChI is InChI=1S/C23H18N6O2.C14H10N2O2.C8H8N4O.C8H6N2O2.CH4.H2N2.H2O.H2/c1-2-28-20-16(10-6-12-24-20)18(22(28)30)26-27-19-17-11-7-13-25-21(17)29(23(19)31)14-15-8-4-3-5-9-15;17-12-11-7-4-8-15-13(11)16(14(12)18)9-10-5-2-1-3-6-10;1-12-7-5(3-2-4-10-7)6(11-9)8(12)13;1-10-7-5(3-2-4-9-7)6(11)8(10)12;;1-2;;/h3-13H,2,14H2,1H3;1-8H,9H2;2-4,9,13H,1H3;2-4H,1H3;1H4;1-2H;1H2;1H/b26-18-,27-19-;;;;;;;. The van der Waals surface area contributed by atoms with E-state index >= 15 is 0 Å². The van der Waals surface area contributed by atoms with Crippen molar-refractivity contribution in [1.82, 2.24) is 29.5 Å². The molecule has 0 bridgehead atoms. The fourth-order valence-corrected chi connectivity index (χ4v) is 8.35. The van der Waals surface area contributed by atoms with Crippen molar-refractivity contribution in [3.8, 4) is 5.88 Å². The Kier molecular flexibility index (Phi) is 18.1. The van der Waals surface area contributed by atoms with Crippen LogP contribution in [0.3, 0.4) is 0 Å². The van der Waals surface area contributed by atoms with Gasteiger partial charge in [-0.25, -0.2) is 41.5 Å². The van der Waals surface area contributed by atoms with Crippen LogP contribution in [0.2, 0.25) is 0 Å². The second-order valence-electron chi connectivity index (χ2n) is 16.4. The van der Waals surface area contributed by atoms with Gasteiger partial charge < -0.3 is 10.6 Å². The first-order valence-corrected chi connectivity index (χ1v) is 23.0. The molecule has 78 heavy (non-hydrogen) atoms. The molecule has 0 unspecified atom stereocenters. The van der Waals surface area contributed by atoms with Crippen LogP contribution in [0, 0.1) is 16.6 Å². The number of Topliss-reactive ketones (excluding diaryl/α,β-unsaturated/α-hetero) is 2. The van der Waals surface area contributed by atoms with Gasteiger partial charge >= 0.3 is 5.91 Å². The van der Waals surface area contributed by atoms with Crippen LogP contribution < -0.4 is 19.6 Å². The minimum absolute atomic E-state index is 0. The normalized spacial score (nSPS) is 14.3. The number of pyridine rings is 5. The van der Waals surface area contributed by atoms with E-state index in [-0.39, 0.29) is 49.1 Å². The number of hydrogen-bond donors (Lipinski definition) is 4. The van der Waals surface area contributed by atoms with Crippen molar-refractivity contribution in [3.05, 3.63) is 186 Å². The minimum atomic E-state index is -0.510. The molecule has 0 spiro atoms. The molecular weight excluding hydrogens is 1000 g/mol. The highest BCUT2D eigenvalue weighted by Gasteiger charge is 2.39. The molecule has 4 aliphatic heterocycles. The van der Waals surface area contributed by atoms with E-state index in [0.717, 1.165) is 11.1 Å². The number of benzene rings is 2. The molecule has 4 amide bonds. The molecule has 24 nitrogen and oxygen atoms in total. The number of aryl methyl sites for hydroxylation is 1. The number of ketones is 2. The summed E-state index contributed by atoms with van der Waals surface area (Å²) in [7, 11) is 3.22. The number of nitrogens with one attached hydrogen (secondary N) is 3. The van der Waals surface area contributed by atoms with Crippen LogP contribution in [0.1, 0.15) is 58.7 Å². The van der Waals surface area contributed by atoms with Gasteiger partial charge in [0.05, 0.1) is 40.7 Å². The number of aromatic nitrogens is 6. The van der Waals surface area contributed by atoms with E-state index in [2.05, 4.69) is 40.2 Å². The van der Waals surface area contributed by atoms with Crippen molar-refractivity contribution < 1.29 is 40.8 Å². The Bertz CT molecular complexity index is 3650. The Morgan fingerprint density at radius 3 is 1.40 bits per heavy atom. The zero-order valence-electron chi connectivity index (χ0n) is 41.3. The summed E-state index contributed by atoms with van der Waals surface area (Å²) >= 11 is 0. The maximum atomic E-state index is 13.2. The molecule has 10 heterocycles. The van der Waals surface area contributed by atoms with Crippen LogP contribution in [0.15, 0.2) is 168 Å². The lowest BCUT2D eigenvalue weighted by molar-refractivity contribution is -0.114. The number of likely N-dealkylation sites (N-methyl/N-ethyl adjacent to an activating group) is 2. The average molecular weight is 1050 g/mol. The molecule has 0 radical (unpaired) electrons. The third-order valence-electron chi connectivity index (χ3n) is 12.0. The van der Waals surface area contributed by atoms with Gasteiger partial charge in [0.1, 0.15) is 28.9 Å². The molecule has 4 aliphatic rings. The lowest BCUT2D eigenvalue weighted by Gasteiger charge is -2.15. The number of hydrogen-bond acceptors (Lipinski definition) is 18. The molecule has 6 N–H and O–H groups in total. The summed E-state index contributed by atoms with van der Waals surface area (Å²) in [5.74, 6) is -0.576. The minimum Gasteiger partial charge on any atom is -0.493 e. The first-order chi connectivity index (χ1) is 36.9. The van der Waals surface area contributed by atoms with Gasteiger partial charge in [-0.2, -0.15) is 5.11 Å². The third-order valence-corrected chi connectivity index (χ3v) is 12.0. The molecule has 396 valence electrons. The summed E-state index contributed by atoms with van der Waals surface area (Å²) in [4.78, 5) is 98.5. The molecule has 0 fully saturated rings. The van der Waals surface area contributed by atoms with Crippen LogP contribution >= 0.6 is 0 Å². The van der Waals surface area contributed by atoms with Gasteiger partial charge in [-0.15, -0.1) is 10.2 Å². The van der Waals surface area contributed by atoms with E-state index in [0.29, 0.717) is 76.2 Å². The fourth-order valence-electron chi connectivity index (χ4n) is 8.35. The van der Waals surface area contributed by atoms with Gasteiger partial charge in [0.2, 0.25) is 5.88 Å². The Morgan fingerprint density at radius 2 is 0.910 bits per heavy atom. The molecule has 0 aliphatic carbocycles. The topological polar surface area (TPSA) is 345 Å². The Balaban J connectivity index is 0.000000204. The number of nitrogens with zero attached hydrogens (tertiary/aromatic N) is 13. The summed E-state index contributed by atoms with van der Waals surface area (Å²) in [6.45, 7) is 3.08. The summed E-state index contributed by atoms with van der Waals surface area (Å²) in [6, 6.07) is 36.3. The van der Waals surface area contributed by atoms with Gasteiger partial charge in [0.25, 0.3) is 29.3 Å². The van der Waals surface area contributed by atoms with Gasteiger partial charge in [0.15, 0.2) is 17.1 Å². The monoisotopic (exact) mass is 1050 g/mol. The molecular formula is C54H52N16O8. The van der Waals surface area contributed by atoms with Crippen LogP contribution in [-0.4, -0.2) is 100 Å². The fraction of sp³-hybridized carbons (Fsp3) is 0.130. The lowest BCUT2D eigenvalue weighted by atomic mass is 10.2. The molecule has 0 atom stereocenters. The average Bonchev–Trinajstić information content (AvgIpc) is 4.20. The first-order valence-electron chi connectivity index (χ1n) is 23.0. The van der Waals surface area contributed by atoms with Crippen molar-refractivity contribution in [1.29, 1.82) is 16.6 Å². The summed E-state index contributed by atoms with van der Waals surface area (Å²) < 4.78 is 1.50. The number of rotatable bonds is 7. The van der Waals surface area contributed by atoms with Crippen molar-refractivity contribution in [2.45, 2.75) is 27.4 Å². The molecule has 12 rings (SSSR count). The molecule has 8 aromatic rings. The number of aromatic hydroxyl groups is 1. The first kappa shape index (κ1) is 56.5. The van der Waals surface area contributed by atoms with E-state index < -0.39 is 23.4 Å². The van der Waals surface area contributed by atoms with E-state index in [4.69, 9.17) is 16.6 Å². The number of carbonyl (C=O) groups excluding carboxylic acids is 6. The second kappa shape index (κ2) is 25.0. The number of fused-ring (bicyclic) bond motifs is 5. The van der Waals surface area contributed by atoms with Crippen molar-refractivity contribution in [2.75, 3.05) is 33.2 Å². The van der Waals surface area contributed by atoms with Gasteiger partial charge in [-0.1, -0.05) is 68.1 Å². The van der Waals surface area contributed by atoms with E-state index in [1.165, 1.54) is 14.4 Å². The van der Waals surface area contributed by atoms with Crippen LogP contribution in [-0.2, 0) is 39.3 Å². The predicted molar refractivity (Wildman–Crippen MR) is 290 cm³/mol. The van der Waals surface area contributed by atoms with Gasteiger partial charge in [-0.3, -0.25) is 52.9 Å². The van der Waals surface area contributed by atoms with Crippen molar-refractivity contribution >= 4 is 86.6 Å². The Labute approximate surface area is 446 Å². The largest absolute Gasteiger partial charge is 0.493 e. The molecule has 0 saturated heterocycles. The van der Waals surface area contributed by atoms with Crippen LogP contribution in [0.25, 0.3) is 11.0 Å². The highest BCUT2D eigenvalue weighted by Crippen LogP contribution is 2.36. The molecule has 24 heteroatoms. The predicted octanol–water partition coefficient (Wildman–Crippen LogP) is 7.23. The summed E-state index contributed by atoms with van der Waals surface area (Å²) in [5.41, 5.74) is 22.1. The summed E-state index contributed by atoms with van der Waals surface area (Å²) in [5, 5.41) is 21.9. The van der Waals surface area contributed by atoms with E-state index in [1.807, 2.05) is 67.6 Å². The van der Waals surface area contributed by atoms with Crippen molar-refractivity contribution in [3.63, 3.8) is 0 Å². The number of amides is 4. The smallest absolute Gasteiger partial charge is 0.301 e. The quantitative estimate of drug-likeness (QED) is 0.0698. The number of carbonyl (C=O) groups is 6. The lowest BCUT2D eigenvalue weighted by Crippen LogP contribution is -2.31. The third kappa shape index (κ3) is 10.9. The van der Waals surface area contributed by atoms with Gasteiger partial charge in [-0.05, 0) is 78.7 Å². The molecule has 6 aromatic heterocycles. The highest BCUT2D eigenvalue weighted by molar-refractivity contribution is 6.56. The maximum Gasteiger partial charge on any atom is 0.301 e. The highest BCUT2D eigenvalue weighted by atomic mass is 16.3. The van der Waals surface area contributed by atoms with Gasteiger partial charge in [0, 0.05) is 53.1 Å². The Hall–Kier alpha value is -10.8. The summed E-state index contributed by atoms with van der Waals surface area (Å²) in [6.07, 6.45) is 8.05. The van der Waals surface area contributed by atoms with Crippen LogP contribution in [0.4, 0.5) is 29.0 Å². The van der Waals surface area contributed by atoms with Crippen LogP contribution in [0.5, 0.6) is 5.88 Å². The second-order valence-corrected chi connectivity index (χ2v) is 16.4.